The van der Waals surface area contributed by atoms with E-state index in [4.69, 9.17) is 21.5 Å². The maximum absolute atomic E-state index is 12.2. The molecule has 28 heavy (non-hydrogen) atoms. The first kappa shape index (κ1) is 21.3. The largest absolute Gasteiger partial charge is 0.449 e. The standard InChI is InChI=1S/C16H14ClN3O7S/c1-9(15(21)19-10-3-2-4-12(7-10)28(18,25)26)27-16(22)13-6-5-11(20(23)24)8-14(13)17/h2-9H,1H3,(H,19,21)(H2,18,25,26). The number of esters is 1. The molecule has 0 aliphatic carbocycles. The van der Waals surface area contributed by atoms with Crippen molar-refractivity contribution in [3.63, 3.8) is 0 Å². The third kappa shape index (κ3) is 5.25. The lowest BCUT2D eigenvalue weighted by Crippen LogP contribution is -2.30. The third-order valence-corrected chi connectivity index (χ3v) is 4.69. The summed E-state index contributed by atoms with van der Waals surface area (Å²) in [4.78, 5) is 34.1. The number of sulfonamides is 1. The molecule has 2 rings (SSSR count). The zero-order valence-corrected chi connectivity index (χ0v) is 15.9. The number of anilines is 1. The molecule has 1 atom stereocenters. The molecule has 0 aliphatic heterocycles. The number of non-ortho nitro benzene ring substituents is 1. The van der Waals surface area contributed by atoms with Crippen molar-refractivity contribution in [2.75, 3.05) is 5.32 Å². The number of halogens is 1. The zero-order chi connectivity index (χ0) is 21.1. The highest BCUT2D eigenvalue weighted by Crippen LogP contribution is 2.23. The molecule has 1 amide bonds. The highest BCUT2D eigenvalue weighted by Gasteiger charge is 2.22. The molecule has 2 aromatic carbocycles. The smallest absolute Gasteiger partial charge is 0.340 e. The topological polar surface area (TPSA) is 159 Å². The fourth-order valence-corrected chi connectivity index (χ4v) is 2.87. The highest BCUT2D eigenvalue weighted by molar-refractivity contribution is 7.89. The maximum atomic E-state index is 12.2. The summed E-state index contributed by atoms with van der Waals surface area (Å²) >= 11 is 5.85. The zero-order valence-electron chi connectivity index (χ0n) is 14.3. The Bertz CT molecular complexity index is 1060. The van der Waals surface area contributed by atoms with Gasteiger partial charge in [-0.3, -0.25) is 14.9 Å². The van der Waals surface area contributed by atoms with Crippen LogP contribution in [0.5, 0.6) is 0 Å². The third-order valence-electron chi connectivity index (χ3n) is 3.47. The lowest BCUT2D eigenvalue weighted by Gasteiger charge is -2.14. The quantitative estimate of drug-likeness (QED) is 0.405. The number of benzene rings is 2. The number of nitrogens with two attached hydrogens (primary N) is 1. The molecular weight excluding hydrogens is 414 g/mol. The summed E-state index contributed by atoms with van der Waals surface area (Å²) in [6.07, 6.45) is -1.27. The Morgan fingerprint density at radius 2 is 1.93 bits per heavy atom. The second kappa shape index (κ2) is 8.33. The van der Waals surface area contributed by atoms with Gasteiger partial charge in [0.25, 0.3) is 11.6 Å². The number of ether oxygens (including phenoxy) is 1. The average molecular weight is 428 g/mol. The van der Waals surface area contributed by atoms with Gasteiger partial charge < -0.3 is 10.1 Å². The van der Waals surface area contributed by atoms with Gasteiger partial charge in [-0.1, -0.05) is 17.7 Å². The molecule has 0 aromatic heterocycles. The molecule has 1 unspecified atom stereocenters. The maximum Gasteiger partial charge on any atom is 0.340 e. The van der Waals surface area contributed by atoms with Gasteiger partial charge in [0.1, 0.15) is 0 Å². The van der Waals surface area contributed by atoms with E-state index in [-0.39, 0.29) is 26.9 Å². The minimum Gasteiger partial charge on any atom is -0.449 e. The van der Waals surface area contributed by atoms with Gasteiger partial charge in [0.05, 0.1) is 20.4 Å². The summed E-state index contributed by atoms with van der Waals surface area (Å²) < 4.78 is 27.7. The number of hydrogen-bond acceptors (Lipinski definition) is 7. The Balaban J connectivity index is 2.08. The number of primary sulfonamides is 1. The van der Waals surface area contributed by atoms with Crippen LogP contribution in [0.3, 0.4) is 0 Å². The van der Waals surface area contributed by atoms with E-state index >= 15 is 0 Å². The number of nitro benzene ring substituents is 1. The molecule has 0 fully saturated rings. The Labute approximate surface area is 164 Å². The van der Waals surface area contributed by atoms with Gasteiger partial charge in [-0.2, -0.15) is 0 Å². The number of carbonyl (C=O) groups excluding carboxylic acids is 2. The molecule has 0 spiro atoms. The average Bonchev–Trinajstić information content (AvgIpc) is 2.60. The number of hydrogen-bond donors (Lipinski definition) is 2. The van der Waals surface area contributed by atoms with Crippen molar-refractivity contribution in [1.29, 1.82) is 0 Å². The van der Waals surface area contributed by atoms with Crippen molar-refractivity contribution < 1.29 is 27.7 Å². The fourth-order valence-electron chi connectivity index (χ4n) is 2.06. The number of carbonyl (C=O) groups is 2. The molecule has 3 N–H and O–H groups in total. The van der Waals surface area contributed by atoms with Gasteiger partial charge in [-0.25, -0.2) is 18.4 Å². The van der Waals surface area contributed by atoms with E-state index in [1.807, 2.05) is 0 Å². The minimum atomic E-state index is -3.95. The first-order valence-electron chi connectivity index (χ1n) is 7.57. The number of amides is 1. The molecule has 10 nitrogen and oxygen atoms in total. The van der Waals surface area contributed by atoms with Crippen LogP contribution in [-0.2, 0) is 19.6 Å². The lowest BCUT2D eigenvalue weighted by atomic mass is 10.2. The number of nitrogens with one attached hydrogen (secondary N) is 1. The fraction of sp³-hybridized carbons (Fsp3) is 0.125. The molecule has 0 radical (unpaired) electrons. The van der Waals surface area contributed by atoms with Crippen LogP contribution >= 0.6 is 11.6 Å². The molecule has 12 heteroatoms. The Morgan fingerprint density at radius 1 is 1.25 bits per heavy atom. The molecule has 0 bridgehead atoms. The van der Waals surface area contributed by atoms with Crippen molar-refractivity contribution in [3.05, 3.63) is 63.2 Å². The van der Waals surface area contributed by atoms with Crippen LogP contribution in [-0.4, -0.2) is 31.3 Å². The van der Waals surface area contributed by atoms with Gasteiger partial charge in [-0.05, 0) is 31.2 Å². The van der Waals surface area contributed by atoms with E-state index in [1.54, 1.807) is 0 Å². The Kier molecular flexibility index (Phi) is 6.33. The van der Waals surface area contributed by atoms with Gasteiger partial charge in [0.15, 0.2) is 6.10 Å². The summed E-state index contributed by atoms with van der Waals surface area (Å²) in [5.41, 5.74) is -0.321. The summed E-state index contributed by atoms with van der Waals surface area (Å²) in [6, 6.07) is 8.38. The number of rotatable bonds is 6. The van der Waals surface area contributed by atoms with Gasteiger partial charge in [0, 0.05) is 17.8 Å². The van der Waals surface area contributed by atoms with Crippen molar-refractivity contribution in [1.82, 2.24) is 0 Å². The van der Waals surface area contributed by atoms with Gasteiger partial charge in [-0.15, -0.1) is 0 Å². The van der Waals surface area contributed by atoms with Crippen molar-refractivity contribution in [2.45, 2.75) is 17.9 Å². The second-order valence-corrected chi connectivity index (χ2v) is 7.50. The van der Waals surface area contributed by atoms with Crippen molar-refractivity contribution in [3.8, 4) is 0 Å². The monoisotopic (exact) mass is 427 g/mol. The summed E-state index contributed by atoms with van der Waals surface area (Å²) in [5.74, 6) is -1.70. The van der Waals surface area contributed by atoms with E-state index in [9.17, 15) is 28.1 Å². The number of nitro groups is 1. The molecule has 0 heterocycles. The Hall–Kier alpha value is -3.02. The van der Waals surface area contributed by atoms with E-state index in [0.717, 1.165) is 24.3 Å². The lowest BCUT2D eigenvalue weighted by molar-refractivity contribution is -0.384. The molecular formula is C16H14ClN3O7S. The summed E-state index contributed by atoms with van der Waals surface area (Å²) in [7, 11) is -3.95. The van der Waals surface area contributed by atoms with Crippen LogP contribution in [0.15, 0.2) is 47.4 Å². The molecule has 0 aliphatic rings. The van der Waals surface area contributed by atoms with Crippen molar-refractivity contribution in [2.24, 2.45) is 5.14 Å². The normalized spacial score (nSPS) is 12.1. The molecule has 0 saturated heterocycles. The van der Waals surface area contributed by atoms with Crippen LogP contribution in [0, 0.1) is 10.1 Å². The van der Waals surface area contributed by atoms with Crippen LogP contribution in [0.4, 0.5) is 11.4 Å². The molecule has 2 aromatic rings. The van der Waals surface area contributed by atoms with E-state index in [2.05, 4.69) is 5.32 Å². The highest BCUT2D eigenvalue weighted by atomic mass is 35.5. The summed E-state index contributed by atoms with van der Waals surface area (Å²) in [6.45, 7) is 1.29. The Morgan fingerprint density at radius 3 is 2.50 bits per heavy atom. The first-order valence-corrected chi connectivity index (χ1v) is 9.50. The summed E-state index contributed by atoms with van der Waals surface area (Å²) in [5, 5.41) is 17.9. The van der Waals surface area contributed by atoms with Crippen molar-refractivity contribution >= 4 is 44.9 Å². The van der Waals surface area contributed by atoms with Crippen LogP contribution in [0.2, 0.25) is 5.02 Å². The first-order chi connectivity index (χ1) is 13.0. The van der Waals surface area contributed by atoms with Crippen LogP contribution < -0.4 is 10.5 Å². The van der Waals surface area contributed by atoms with E-state index in [0.29, 0.717) is 0 Å². The predicted octanol–water partition coefficient (Wildman–Crippen LogP) is 2.08. The van der Waals surface area contributed by atoms with E-state index in [1.165, 1.54) is 25.1 Å². The molecule has 0 saturated carbocycles. The predicted molar refractivity (Wildman–Crippen MR) is 99.4 cm³/mol. The SMILES string of the molecule is CC(OC(=O)c1ccc([N+](=O)[O-])cc1Cl)C(=O)Nc1cccc(S(N)(=O)=O)c1. The van der Waals surface area contributed by atoms with Crippen LogP contribution in [0.25, 0.3) is 0 Å². The van der Waals surface area contributed by atoms with Gasteiger partial charge in [0.2, 0.25) is 10.0 Å². The number of nitrogens with zero attached hydrogens (tertiary/aromatic N) is 1. The minimum absolute atomic E-state index is 0.132. The van der Waals surface area contributed by atoms with E-state index < -0.39 is 32.9 Å². The molecule has 148 valence electrons. The van der Waals surface area contributed by atoms with Crippen LogP contribution in [0.1, 0.15) is 17.3 Å². The van der Waals surface area contributed by atoms with Gasteiger partial charge >= 0.3 is 5.97 Å². The second-order valence-electron chi connectivity index (χ2n) is 5.53.